The minimum atomic E-state index is -0.0444. The van der Waals surface area contributed by atoms with Crippen molar-refractivity contribution < 1.29 is 9.53 Å². The van der Waals surface area contributed by atoms with Crippen LogP contribution in [-0.4, -0.2) is 58.8 Å². The quantitative estimate of drug-likeness (QED) is 0.271. The van der Waals surface area contributed by atoms with Gasteiger partial charge in [0.05, 0.1) is 29.9 Å². The lowest BCUT2D eigenvalue weighted by atomic mass is 9.86. The van der Waals surface area contributed by atoms with Gasteiger partial charge >= 0.3 is 0 Å². The fourth-order valence-electron chi connectivity index (χ4n) is 4.10. The Bertz CT molecular complexity index is 1190. The molecule has 1 aliphatic rings. The minimum Gasteiger partial charge on any atom is -0.379 e. The first kappa shape index (κ1) is 24.6. The van der Waals surface area contributed by atoms with Crippen molar-refractivity contribution in [3.8, 4) is 0 Å². The number of benzene rings is 2. The fourth-order valence-corrected chi connectivity index (χ4v) is 5.02. The van der Waals surface area contributed by atoms with E-state index in [0.29, 0.717) is 28.2 Å². The number of aromatic nitrogens is 2. The lowest BCUT2D eigenvalue weighted by molar-refractivity contribution is 0.0368. The molecule has 0 bridgehead atoms. The molecule has 1 aromatic heterocycles. The number of ketones is 1. The first-order valence-electron chi connectivity index (χ1n) is 11.9. The first-order valence-corrected chi connectivity index (χ1v) is 12.9. The zero-order valence-electron chi connectivity index (χ0n) is 20.3. The van der Waals surface area contributed by atoms with E-state index in [1.54, 1.807) is 4.57 Å². The van der Waals surface area contributed by atoms with Crippen LogP contribution in [-0.2, 0) is 16.7 Å². The summed E-state index contributed by atoms with van der Waals surface area (Å²) in [6.07, 6.45) is 0.843. The molecule has 6 nitrogen and oxygen atoms in total. The molecule has 1 fully saturated rings. The second kappa shape index (κ2) is 10.8. The predicted molar refractivity (Wildman–Crippen MR) is 138 cm³/mol. The van der Waals surface area contributed by atoms with Crippen molar-refractivity contribution >= 4 is 28.4 Å². The topological polar surface area (TPSA) is 64.4 Å². The largest absolute Gasteiger partial charge is 0.379 e. The first-order chi connectivity index (χ1) is 16.3. The van der Waals surface area contributed by atoms with E-state index in [-0.39, 0.29) is 22.5 Å². The second-order valence-electron chi connectivity index (χ2n) is 9.72. The summed E-state index contributed by atoms with van der Waals surface area (Å²) in [6, 6.07) is 15.3. The van der Waals surface area contributed by atoms with Gasteiger partial charge < -0.3 is 4.74 Å². The van der Waals surface area contributed by atoms with E-state index in [1.807, 2.05) is 48.5 Å². The summed E-state index contributed by atoms with van der Waals surface area (Å²) in [6.45, 7) is 11.3. The van der Waals surface area contributed by atoms with Crippen LogP contribution in [0.15, 0.2) is 58.5 Å². The average molecular weight is 480 g/mol. The van der Waals surface area contributed by atoms with Gasteiger partial charge in [-0.05, 0) is 29.5 Å². The van der Waals surface area contributed by atoms with E-state index in [9.17, 15) is 9.59 Å². The van der Waals surface area contributed by atoms with Crippen LogP contribution in [0.25, 0.3) is 10.9 Å². The molecule has 34 heavy (non-hydrogen) atoms. The maximum Gasteiger partial charge on any atom is 0.262 e. The van der Waals surface area contributed by atoms with Crippen LogP contribution in [0, 0.1) is 0 Å². The van der Waals surface area contributed by atoms with Crippen LogP contribution in [0.4, 0.5) is 0 Å². The summed E-state index contributed by atoms with van der Waals surface area (Å²) in [5, 5.41) is 1.22. The number of carbonyl (C=O) groups is 1. The van der Waals surface area contributed by atoms with Crippen LogP contribution >= 0.6 is 11.8 Å². The molecular formula is C27H33N3O3S. The van der Waals surface area contributed by atoms with Gasteiger partial charge in [0.15, 0.2) is 10.9 Å². The fraction of sp³-hybridized carbons (Fsp3) is 0.444. The van der Waals surface area contributed by atoms with Gasteiger partial charge in [0.1, 0.15) is 0 Å². The number of nitrogens with zero attached hydrogens (tertiary/aromatic N) is 3. The van der Waals surface area contributed by atoms with Crippen molar-refractivity contribution in [1.29, 1.82) is 0 Å². The van der Waals surface area contributed by atoms with Gasteiger partial charge in [-0.2, -0.15) is 0 Å². The Kier molecular flexibility index (Phi) is 7.86. The zero-order chi connectivity index (χ0) is 24.1. The maximum atomic E-state index is 13.3. The second-order valence-corrected chi connectivity index (χ2v) is 10.7. The lowest BCUT2D eigenvalue weighted by Crippen LogP contribution is -2.37. The normalized spacial score (nSPS) is 15.0. The highest BCUT2D eigenvalue weighted by Gasteiger charge is 2.17. The standard InChI is InChI=1S/C27H33N3O3S/c1-27(2,3)21-11-9-20(10-12-21)24(31)19-34-26-28-23-8-5-4-7-22(23)25(32)30(26)14-6-13-29-15-17-33-18-16-29/h4-5,7-12H,6,13-19H2,1-3H3. The molecule has 0 amide bonds. The molecule has 0 spiro atoms. The van der Waals surface area contributed by atoms with Gasteiger partial charge in [0.25, 0.3) is 5.56 Å². The third-order valence-corrected chi connectivity index (χ3v) is 7.17. The smallest absolute Gasteiger partial charge is 0.262 e. The van der Waals surface area contributed by atoms with E-state index < -0.39 is 0 Å². The Morgan fingerprint density at radius 1 is 1.03 bits per heavy atom. The van der Waals surface area contributed by atoms with Crippen molar-refractivity contribution in [3.63, 3.8) is 0 Å². The minimum absolute atomic E-state index is 0.0349. The van der Waals surface area contributed by atoms with Crippen molar-refractivity contribution in [2.45, 2.75) is 44.3 Å². The summed E-state index contributed by atoms with van der Waals surface area (Å²) in [4.78, 5) is 33.3. The lowest BCUT2D eigenvalue weighted by Gasteiger charge is -2.26. The van der Waals surface area contributed by atoms with Gasteiger partial charge in [-0.25, -0.2) is 4.98 Å². The van der Waals surface area contributed by atoms with Crippen LogP contribution < -0.4 is 5.56 Å². The molecule has 0 saturated carbocycles. The van der Waals surface area contributed by atoms with Crippen molar-refractivity contribution in [1.82, 2.24) is 14.5 Å². The summed E-state index contributed by atoms with van der Waals surface area (Å²) in [5.41, 5.74) is 2.55. The Hall–Kier alpha value is -2.48. The Morgan fingerprint density at radius 2 is 1.74 bits per heavy atom. The highest BCUT2D eigenvalue weighted by molar-refractivity contribution is 7.99. The maximum absolute atomic E-state index is 13.3. The van der Waals surface area contributed by atoms with E-state index >= 15 is 0 Å². The highest BCUT2D eigenvalue weighted by atomic mass is 32.2. The SMILES string of the molecule is CC(C)(C)c1ccc(C(=O)CSc2nc3ccccc3c(=O)n2CCCN2CCOCC2)cc1. The highest BCUT2D eigenvalue weighted by Crippen LogP contribution is 2.24. The molecule has 3 aromatic rings. The van der Waals surface area contributed by atoms with Gasteiger partial charge in [-0.15, -0.1) is 0 Å². The summed E-state index contributed by atoms with van der Waals surface area (Å²) >= 11 is 1.34. The van der Waals surface area contributed by atoms with Gasteiger partial charge in [0, 0.05) is 31.7 Å². The number of carbonyl (C=O) groups excluding carboxylic acids is 1. The number of para-hydroxylation sites is 1. The summed E-state index contributed by atoms with van der Waals surface area (Å²) in [7, 11) is 0. The molecule has 2 heterocycles. The van der Waals surface area contributed by atoms with Gasteiger partial charge in [-0.1, -0.05) is 68.9 Å². The van der Waals surface area contributed by atoms with Crippen molar-refractivity contribution in [2.75, 3.05) is 38.6 Å². The molecule has 1 aliphatic heterocycles. The molecule has 1 saturated heterocycles. The van der Waals surface area contributed by atoms with Crippen molar-refractivity contribution in [3.05, 3.63) is 70.0 Å². The third kappa shape index (κ3) is 5.95. The van der Waals surface area contributed by atoms with E-state index in [2.05, 4.69) is 25.7 Å². The molecule has 0 radical (unpaired) electrons. The predicted octanol–water partition coefficient (Wildman–Crippen LogP) is 4.39. The van der Waals surface area contributed by atoms with Crippen LogP contribution in [0.1, 0.15) is 43.1 Å². The Morgan fingerprint density at radius 3 is 2.44 bits per heavy atom. The summed E-state index contributed by atoms with van der Waals surface area (Å²) in [5.74, 6) is 0.274. The average Bonchev–Trinajstić information content (AvgIpc) is 2.84. The third-order valence-electron chi connectivity index (χ3n) is 6.19. The van der Waals surface area contributed by atoms with E-state index in [4.69, 9.17) is 9.72 Å². The molecule has 0 atom stereocenters. The van der Waals surface area contributed by atoms with E-state index in [1.165, 1.54) is 17.3 Å². The molecule has 0 unspecified atom stereocenters. The van der Waals surface area contributed by atoms with Gasteiger partial charge in [0.2, 0.25) is 0 Å². The van der Waals surface area contributed by atoms with Crippen LogP contribution in [0.5, 0.6) is 0 Å². The monoisotopic (exact) mass is 479 g/mol. The molecule has 0 N–H and O–H groups in total. The number of fused-ring (bicyclic) bond motifs is 1. The molecule has 7 heteroatoms. The van der Waals surface area contributed by atoms with Crippen LogP contribution in [0.2, 0.25) is 0 Å². The molecule has 0 aliphatic carbocycles. The number of hydrogen-bond acceptors (Lipinski definition) is 6. The number of ether oxygens (including phenoxy) is 1. The molecule has 2 aromatic carbocycles. The number of thioether (sulfide) groups is 1. The van der Waals surface area contributed by atoms with Crippen molar-refractivity contribution in [2.24, 2.45) is 0 Å². The zero-order valence-corrected chi connectivity index (χ0v) is 21.1. The van der Waals surface area contributed by atoms with E-state index in [0.717, 1.165) is 39.3 Å². The Balaban J connectivity index is 1.50. The molecule has 4 rings (SSSR count). The number of rotatable bonds is 8. The number of Topliss-reactive ketones (excluding diaryl/α,β-unsaturated/α-hetero) is 1. The van der Waals surface area contributed by atoms with Crippen LogP contribution in [0.3, 0.4) is 0 Å². The number of hydrogen-bond donors (Lipinski definition) is 0. The molecular weight excluding hydrogens is 446 g/mol. The van der Waals surface area contributed by atoms with Gasteiger partial charge in [-0.3, -0.25) is 19.1 Å². The Labute approximate surface area is 205 Å². The molecule has 180 valence electrons. The summed E-state index contributed by atoms with van der Waals surface area (Å²) < 4.78 is 7.16. The number of morpholine rings is 1.